The maximum Gasteiger partial charge on any atom is 0.227 e. The lowest BCUT2D eigenvalue weighted by molar-refractivity contribution is 0.620. The summed E-state index contributed by atoms with van der Waals surface area (Å²) in [4.78, 5) is 4.72. The van der Waals surface area contributed by atoms with E-state index in [1.165, 1.54) is 66.1 Å². The number of oxazole rings is 1. The standard InChI is InChI=1S/C51H33NO/c1-3-11-34(12-4-1)36-19-25-39(26-20-36)49-43-15-7-8-16-44(43)50(40-27-21-37(22-28-40)35-13-5-2-6-14-35)46-33-42(31-32-45(46)49)38-23-29-41(30-24-38)51-52-47-17-9-10-18-48(47)53-51/h1-33H. The van der Waals surface area contributed by atoms with Crippen LogP contribution >= 0.6 is 0 Å². The number of benzene rings is 9. The summed E-state index contributed by atoms with van der Waals surface area (Å²) < 4.78 is 6.08. The van der Waals surface area contributed by atoms with Gasteiger partial charge in [0.05, 0.1) is 0 Å². The fourth-order valence-corrected chi connectivity index (χ4v) is 7.70. The Morgan fingerprint density at radius 2 is 0.679 bits per heavy atom. The van der Waals surface area contributed by atoms with Crippen molar-refractivity contribution >= 4 is 32.6 Å². The van der Waals surface area contributed by atoms with E-state index in [2.05, 4.69) is 176 Å². The lowest BCUT2D eigenvalue weighted by Crippen LogP contribution is -1.92. The third-order valence-corrected chi connectivity index (χ3v) is 10.3. The Morgan fingerprint density at radius 3 is 1.25 bits per heavy atom. The van der Waals surface area contributed by atoms with E-state index in [0.717, 1.165) is 27.8 Å². The van der Waals surface area contributed by atoms with Crippen molar-refractivity contribution in [2.45, 2.75) is 0 Å². The number of para-hydroxylation sites is 2. The third kappa shape index (κ3) is 5.58. The summed E-state index contributed by atoms with van der Waals surface area (Å²) in [6.07, 6.45) is 0. The van der Waals surface area contributed by atoms with Crippen molar-refractivity contribution < 1.29 is 4.42 Å². The smallest absolute Gasteiger partial charge is 0.227 e. The molecule has 10 aromatic rings. The van der Waals surface area contributed by atoms with E-state index >= 15 is 0 Å². The summed E-state index contributed by atoms with van der Waals surface area (Å²) in [7, 11) is 0. The molecule has 0 unspecified atom stereocenters. The number of fused-ring (bicyclic) bond motifs is 3. The van der Waals surface area contributed by atoms with Crippen molar-refractivity contribution in [1.29, 1.82) is 0 Å². The molecule has 0 N–H and O–H groups in total. The largest absolute Gasteiger partial charge is 0.436 e. The predicted octanol–water partition coefficient (Wildman–Crippen LogP) is 14.1. The number of rotatable bonds is 6. The van der Waals surface area contributed by atoms with Gasteiger partial charge in [0, 0.05) is 5.56 Å². The Labute approximate surface area is 308 Å². The zero-order chi connectivity index (χ0) is 35.1. The molecule has 1 heterocycles. The van der Waals surface area contributed by atoms with Gasteiger partial charge in [-0.05, 0) is 108 Å². The molecule has 0 atom stereocenters. The normalized spacial score (nSPS) is 11.4. The average molecular weight is 676 g/mol. The summed E-state index contributed by atoms with van der Waals surface area (Å²) in [5.74, 6) is 0.631. The van der Waals surface area contributed by atoms with Crippen molar-refractivity contribution in [2.24, 2.45) is 0 Å². The van der Waals surface area contributed by atoms with Crippen LogP contribution in [0.25, 0.3) is 99.7 Å². The second-order valence-corrected chi connectivity index (χ2v) is 13.5. The first-order valence-electron chi connectivity index (χ1n) is 18.0. The molecule has 2 nitrogen and oxygen atoms in total. The molecule has 10 rings (SSSR count). The number of hydrogen-bond donors (Lipinski definition) is 0. The highest BCUT2D eigenvalue weighted by Crippen LogP contribution is 2.45. The number of nitrogens with zero attached hydrogens (tertiary/aromatic N) is 1. The summed E-state index contributed by atoms with van der Waals surface area (Å²) >= 11 is 0. The van der Waals surface area contributed by atoms with Crippen LogP contribution in [0.2, 0.25) is 0 Å². The van der Waals surface area contributed by atoms with Gasteiger partial charge >= 0.3 is 0 Å². The minimum atomic E-state index is 0.631. The van der Waals surface area contributed by atoms with Crippen LogP contribution in [-0.4, -0.2) is 4.98 Å². The van der Waals surface area contributed by atoms with Crippen molar-refractivity contribution in [3.05, 3.63) is 200 Å². The summed E-state index contributed by atoms with van der Waals surface area (Å²) in [5.41, 5.74) is 14.6. The van der Waals surface area contributed by atoms with E-state index in [4.69, 9.17) is 9.40 Å². The van der Waals surface area contributed by atoms with E-state index in [0.29, 0.717) is 5.89 Å². The van der Waals surface area contributed by atoms with Gasteiger partial charge in [0.15, 0.2) is 5.58 Å². The van der Waals surface area contributed by atoms with Gasteiger partial charge in [0.1, 0.15) is 5.52 Å². The van der Waals surface area contributed by atoms with Crippen LogP contribution in [0.5, 0.6) is 0 Å². The maximum absolute atomic E-state index is 6.08. The molecule has 1 aromatic heterocycles. The van der Waals surface area contributed by atoms with Gasteiger partial charge in [0.2, 0.25) is 5.89 Å². The molecule has 0 aliphatic carbocycles. The first kappa shape index (κ1) is 30.8. The molecule has 53 heavy (non-hydrogen) atoms. The van der Waals surface area contributed by atoms with Gasteiger partial charge in [-0.25, -0.2) is 4.98 Å². The van der Waals surface area contributed by atoms with Crippen molar-refractivity contribution in [3.8, 4) is 67.1 Å². The molecule has 9 aromatic carbocycles. The molecule has 0 aliphatic rings. The lowest BCUT2D eigenvalue weighted by Gasteiger charge is -2.19. The number of hydrogen-bond acceptors (Lipinski definition) is 2. The summed E-state index contributed by atoms with van der Waals surface area (Å²) in [6, 6.07) is 71.5. The highest BCUT2D eigenvalue weighted by atomic mass is 16.3. The van der Waals surface area contributed by atoms with E-state index in [1.54, 1.807) is 0 Å². The van der Waals surface area contributed by atoms with Gasteiger partial charge in [-0.1, -0.05) is 170 Å². The van der Waals surface area contributed by atoms with Gasteiger partial charge < -0.3 is 4.42 Å². The molecule has 2 heteroatoms. The molecule has 0 spiro atoms. The highest BCUT2D eigenvalue weighted by Gasteiger charge is 2.18. The molecule has 0 saturated heterocycles. The topological polar surface area (TPSA) is 26.0 Å². The minimum Gasteiger partial charge on any atom is -0.436 e. The van der Waals surface area contributed by atoms with Crippen LogP contribution in [0.4, 0.5) is 0 Å². The first-order chi connectivity index (χ1) is 26.3. The second-order valence-electron chi connectivity index (χ2n) is 13.5. The monoisotopic (exact) mass is 675 g/mol. The van der Waals surface area contributed by atoms with E-state index in [9.17, 15) is 0 Å². The van der Waals surface area contributed by atoms with Crippen LogP contribution in [-0.2, 0) is 0 Å². The Balaban J connectivity index is 1.15. The third-order valence-electron chi connectivity index (χ3n) is 10.3. The number of aromatic nitrogens is 1. The van der Waals surface area contributed by atoms with Crippen LogP contribution < -0.4 is 0 Å². The zero-order valence-corrected chi connectivity index (χ0v) is 28.9. The second kappa shape index (κ2) is 12.9. The predicted molar refractivity (Wildman–Crippen MR) is 222 cm³/mol. The van der Waals surface area contributed by atoms with Crippen molar-refractivity contribution in [2.75, 3.05) is 0 Å². The maximum atomic E-state index is 6.08. The van der Waals surface area contributed by atoms with Crippen LogP contribution in [0.1, 0.15) is 0 Å². The molecule has 0 radical (unpaired) electrons. The first-order valence-corrected chi connectivity index (χ1v) is 18.0. The molecular weight excluding hydrogens is 643 g/mol. The highest BCUT2D eigenvalue weighted by molar-refractivity contribution is 6.22. The zero-order valence-electron chi connectivity index (χ0n) is 28.9. The molecule has 248 valence electrons. The van der Waals surface area contributed by atoms with Crippen molar-refractivity contribution in [3.63, 3.8) is 0 Å². The Kier molecular flexibility index (Phi) is 7.51. The Bertz CT molecular complexity index is 2860. The fourth-order valence-electron chi connectivity index (χ4n) is 7.70. The molecular formula is C51H33NO. The van der Waals surface area contributed by atoms with Crippen LogP contribution in [0.15, 0.2) is 205 Å². The van der Waals surface area contributed by atoms with E-state index < -0.39 is 0 Å². The van der Waals surface area contributed by atoms with Gasteiger partial charge in [0.25, 0.3) is 0 Å². The van der Waals surface area contributed by atoms with Crippen LogP contribution in [0.3, 0.4) is 0 Å². The van der Waals surface area contributed by atoms with E-state index in [-0.39, 0.29) is 0 Å². The van der Waals surface area contributed by atoms with Gasteiger partial charge in [-0.15, -0.1) is 0 Å². The summed E-state index contributed by atoms with van der Waals surface area (Å²) in [5, 5.41) is 4.92. The quantitative estimate of drug-likeness (QED) is 0.164. The molecule has 0 amide bonds. The lowest BCUT2D eigenvalue weighted by atomic mass is 9.84. The SMILES string of the molecule is c1ccc(-c2ccc(-c3c4ccccc4c(-c4ccc(-c5ccccc5)cc4)c4cc(-c5ccc(-c6nc7ccccc7o6)cc5)ccc34)cc2)cc1. The average Bonchev–Trinajstić information content (AvgIpc) is 3.68. The van der Waals surface area contributed by atoms with Gasteiger partial charge in [-0.2, -0.15) is 0 Å². The molecule has 0 aliphatic heterocycles. The Morgan fingerprint density at radius 1 is 0.283 bits per heavy atom. The molecule has 0 bridgehead atoms. The Hall–Kier alpha value is -7.03. The summed E-state index contributed by atoms with van der Waals surface area (Å²) in [6.45, 7) is 0. The molecule has 0 fully saturated rings. The van der Waals surface area contributed by atoms with Gasteiger partial charge in [-0.3, -0.25) is 0 Å². The van der Waals surface area contributed by atoms with E-state index in [1.807, 2.05) is 24.3 Å². The van der Waals surface area contributed by atoms with Crippen molar-refractivity contribution in [1.82, 2.24) is 4.98 Å². The molecule has 0 saturated carbocycles. The fraction of sp³-hybridized carbons (Fsp3) is 0. The van der Waals surface area contributed by atoms with Crippen LogP contribution in [0, 0.1) is 0 Å². The minimum absolute atomic E-state index is 0.631.